The van der Waals surface area contributed by atoms with Crippen molar-refractivity contribution in [3.8, 4) is 0 Å². The zero-order chi connectivity index (χ0) is 13.3. The van der Waals surface area contributed by atoms with E-state index in [1.807, 2.05) is 26.1 Å². The van der Waals surface area contributed by atoms with Crippen molar-refractivity contribution in [3.63, 3.8) is 0 Å². The van der Waals surface area contributed by atoms with Gasteiger partial charge in [0, 0.05) is 9.35 Å². The van der Waals surface area contributed by atoms with E-state index in [1.165, 1.54) is 17.4 Å². The number of nitrogens with one attached hydrogen (secondary N) is 1. The highest BCUT2D eigenvalue weighted by Gasteiger charge is 2.17. The summed E-state index contributed by atoms with van der Waals surface area (Å²) in [6, 6.07) is 6.97. The summed E-state index contributed by atoms with van der Waals surface area (Å²) in [5, 5.41) is 3.19. The van der Waals surface area contributed by atoms with Crippen molar-refractivity contribution in [2.24, 2.45) is 0 Å². The third kappa shape index (κ3) is 2.94. The summed E-state index contributed by atoms with van der Waals surface area (Å²) in [5.41, 5.74) is 1.81. The van der Waals surface area contributed by atoms with Crippen LogP contribution in [0.4, 0.5) is 4.39 Å². The smallest absolute Gasteiger partial charge is 0.123 e. The van der Waals surface area contributed by atoms with Crippen LogP contribution in [0.15, 0.2) is 28.7 Å². The zero-order valence-electron chi connectivity index (χ0n) is 9.93. The minimum absolute atomic E-state index is 0.0480. The average molecular weight is 349 g/mol. The van der Waals surface area contributed by atoms with Crippen LogP contribution in [-0.4, -0.2) is 7.05 Å². The second-order valence-electron chi connectivity index (χ2n) is 4.05. The molecule has 0 aliphatic heterocycles. The zero-order valence-corrected chi connectivity index (χ0v) is 13.1. The second-order valence-corrected chi connectivity index (χ2v) is 6.59. The average Bonchev–Trinajstić information content (AvgIpc) is 2.58. The van der Waals surface area contributed by atoms with Crippen LogP contribution in [-0.2, 0) is 0 Å². The molecule has 1 nitrogen and oxygen atoms in total. The molecule has 5 heteroatoms. The van der Waals surface area contributed by atoms with Crippen LogP contribution in [0.2, 0.25) is 4.34 Å². The van der Waals surface area contributed by atoms with E-state index in [0.717, 1.165) is 20.5 Å². The number of thiophene rings is 1. The predicted octanol–water partition coefficient (Wildman–Crippen LogP) is 4.92. The first kappa shape index (κ1) is 14.0. The van der Waals surface area contributed by atoms with E-state index in [1.54, 1.807) is 6.07 Å². The Balaban J connectivity index is 2.44. The SMILES string of the molecule is CNC(c1cc(C)cc(F)c1)c1cc(Br)c(Cl)s1. The lowest BCUT2D eigenvalue weighted by molar-refractivity contribution is 0.616. The first-order chi connectivity index (χ1) is 8.51. The molecule has 0 aliphatic rings. The molecule has 1 heterocycles. The van der Waals surface area contributed by atoms with E-state index in [-0.39, 0.29) is 11.9 Å². The van der Waals surface area contributed by atoms with Gasteiger partial charge in [-0.3, -0.25) is 0 Å². The largest absolute Gasteiger partial charge is 0.309 e. The molecule has 1 aromatic heterocycles. The Bertz CT molecular complexity index is 530. The lowest BCUT2D eigenvalue weighted by atomic mass is 10.0. The van der Waals surface area contributed by atoms with E-state index in [4.69, 9.17) is 11.6 Å². The monoisotopic (exact) mass is 347 g/mol. The van der Waals surface area contributed by atoms with Crippen LogP contribution >= 0.6 is 38.9 Å². The van der Waals surface area contributed by atoms with Crippen LogP contribution < -0.4 is 5.32 Å². The maximum Gasteiger partial charge on any atom is 0.123 e. The molecule has 0 radical (unpaired) electrons. The first-order valence-corrected chi connectivity index (χ1v) is 7.39. The highest BCUT2D eigenvalue weighted by atomic mass is 79.9. The van der Waals surface area contributed by atoms with Crippen molar-refractivity contribution < 1.29 is 4.39 Å². The van der Waals surface area contributed by atoms with Gasteiger partial charge in [0.2, 0.25) is 0 Å². The molecule has 0 amide bonds. The Labute approximate surface area is 123 Å². The topological polar surface area (TPSA) is 12.0 Å². The molecule has 2 rings (SSSR count). The maximum atomic E-state index is 13.5. The molecule has 18 heavy (non-hydrogen) atoms. The normalized spacial score (nSPS) is 12.7. The molecule has 1 atom stereocenters. The fourth-order valence-corrected chi connectivity index (χ4v) is 3.78. The molecule has 0 aliphatic carbocycles. The van der Waals surface area contributed by atoms with Gasteiger partial charge in [0.1, 0.15) is 10.2 Å². The van der Waals surface area contributed by atoms with E-state index in [9.17, 15) is 4.39 Å². The molecule has 1 N–H and O–H groups in total. The van der Waals surface area contributed by atoms with Gasteiger partial charge in [-0.15, -0.1) is 11.3 Å². The summed E-state index contributed by atoms with van der Waals surface area (Å²) < 4.78 is 15.0. The molecular formula is C13H12BrClFNS. The minimum Gasteiger partial charge on any atom is -0.309 e. The minimum atomic E-state index is -0.216. The molecule has 1 unspecified atom stereocenters. The van der Waals surface area contributed by atoms with E-state index < -0.39 is 0 Å². The molecule has 96 valence electrons. The van der Waals surface area contributed by atoms with E-state index >= 15 is 0 Å². The number of hydrogen-bond donors (Lipinski definition) is 1. The van der Waals surface area contributed by atoms with Crippen molar-refractivity contribution in [3.05, 3.63) is 54.9 Å². The predicted molar refractivity (Wildman–Crippen MR) is 79.1 cm³/mol. The van der Waals surface area contributed by atoms with Gasteiger partial charge in [0.25, 0.3) is 0 Å². The summed E-state index contributed by atoms with van der Waals surface area (Å²) in [5.74, 6) is -0.216. The highest BCUT2D eigenvalue weighted by Crippen LogP contribution is 2.37. The first-order valence-electron chi connectivity index (χ1n) is 5.40. The Morgan fingerprint density at radius 3 is 2.56 bits per heavy atom. The highest BCUT2D eigenvalue weighted by molar-refractivity contribution is 9.10. The molecule has 0 saturated heterocycles. The Kier molecular flexibility index (Phi) is 4.43. The molecule has 2 aromatic rings. The maximum absolute atomic E-state index is 13.5. The van der Waals surface area contributed by atoms with Gasteiger partial charge in [0.15, 0.2) is 0 Å². The molecule has 0 bridgehead atoms. The summed E-state index contributed by atoms with van der Waals surface area (Å²) in [6.07, 6.45) is 0. The van der Waals surface area contributed by atoms with Crippen LogP contribution in [0, 0.1) is 12.7 Å². The van der Waals surface area contributed by atoms with Gasteiger partial charge >= 0.3 is 0 Å². The van der Waals surface area contributed by atoms with Gasteiger partial charge < -0.3 is 5.32 Å². The van der Waals surface area contributed by atoms with Crippen LogP contribution in [0.1, 0.15) is 22.0 Å². The van der Waals surface area contributed by atoms with Crippen molar-refractivity contribution >= 4 is 38.9 Å². The second kappa shape index (κ2) is 5.70. The Hall–Kier alpha value is -0.420. The van der Waals surface area contributed by atoms with Crippen molar-refractivity contribution in [2.75, 3.05) is 7.05 Å². The van der Waals surface area contributed by atoms with Crippen molar-refractivity contribution in [1.82, 2.24) is 5.32 Å². The lowest BCUT2D eigenvalue weighted by Crippen LogP contribution is -2.16. The van der Waals surface area contributed by atoms with Gasteiger partial charge in [-0.1, -0.05) is 17.7 Å². The molecule has 0 fully saturated rings. The number of benzene rings is 1. The molecule has 0 saturated carbocycles. The number of rotatable bonds is 3. The fourth-order valence-electron chi connectivity index (χ4n) is 1.91. The van der Waals surface area contributed by atoms with Gasteiger partial charge in [-0.2, -0.15) is 0 Å². The number of aryl methyl sites for hydroxylation is 1. The van der Waals surface area contributed by atoms with Gasteiger partial charge in [-0.25, -0.2) is 4.39 Å². The standard InChI is InChI=1S/C13H12BrClFNS/c1-7-3-8(5-9(16)4-7)12(17-2)11-6-10(14)13(15)18-11/h3-6,12,17H,1-2H3. The Morgan fingerprint density at radius 2 is 2.06 bits per heavy atom. The summed E-state index contributed by atoms with van der Waals surface area (Å²) in [4.78, 5) is 1.05. The van der Waals surface area contributed by atoms with E-state index in [2.05, 4.69) is 21.2 Å². The van der Waals surface area contributed by atoms with Crippen molar-refractivity contribution in [2.45, 2.75) is 13.0 Å². The van der Waals surface area contributed by atoms with E-state index in [0.29, 0.717) is 4.34 Å². The van der Waals surface area contributed by atoms with Crippen LogP contribution in [0.3, 0.4) is 0 Å². The third-order valence-electron chi connectivity index (χ3n) is 2.64. The summed E-state index contributed by atoms with van der Waals surface area (Å²) >= 11 is 10.9. The lowest BCUT2D eigenvalue weighted by Gasteiger charge is -2.15. The number of halogens is 3. The molecule has 0 spiro atoms. The van der Waals surface area contributed by atoms with Gasteiger partial charge in [0.05, 0.1) is 6.04 Å². The molecule has 1 aromatic carbocycles. The molecular weight excluding hydrogens is 337 g/mol. The van der Waals surface area contributed by atoms with Gasteiger partial charge in [-0.05, 0) is 59.2 Å². The fraction of sp³-hybridized carbons (Fsp3) is 0.231. The van der Waals surface area contributed by atoms with Crippen LogP contribution in [0.25, 0.3) is 0 Å². The third-order valence-corrected chi connectivity index (χ3v) is 5.17. The summed E-state index contributed by atoms with van der Waals surface area (Å²) in [7, 11) is 1.85. The summed E-state index contributed by atoms with van der Waals surface area (Å²) in [6.45, 7) is 1.89. The van der Waals surface area contributed by atoms with Crippen LogP contribution in [0.5, 0.6) is 0 Å². The number of hydrogen-bond acceptors (Lipinski definition) is 2. The van der Waals surface area contributed by atoms with Crippen molar-refractivity contribution in [1.29, 1.82) is 0 Å². The Morgan fingerprint density at radius 1 is 1.33 bits per heavy atom. The quantitative estimate of drug-likeness (QED) is 0.830.